The number of aliphatic hydroxyl groups excluding tert-OH is 8. The normalized spacial score (nSPS) is 51.7. The predicted molar refractivity (Wildman–Crippen MR) is 68.6 cm³/mol. The van der Waals surface area contributed by atoms with Crippen LogP contribution in [0.2, 0.25) is 0 Å². The van der Waals surface area contributed by atoms with Crippen molar-refractivity contribution in [2.24, 2.45) is 0 Å². The largest absolute Gasteiger partial charge is 0.394 e. The topological polar surface area (TPSA) is 190 Å². The van der Waals surface area contributed by atoms with E-state index in [4.69, 9.17) is 19.3 Å². The van der Waals surface area contributed by atoms with E-state index in [-0.39, 0.29) is 0 Å². The Morgan fingerprint density at radius 3 is 1.83 bits per heavy atom. The fraction of sp³-hybridized carbons (Fsp3) is 1.00. The average molecular weight is 342 g/mol. The van der Waals surface area contributed by atoms with E-state index in [1.807, 2.05) is 0 Å². The van der Waals surface area contributed by atoms with E-state index < -0.39 is 74.6 Å². The van der Waals surface area contributed by atoms with Crippen LogP contribution in [-0.4, -0.2) is 115 Å². The standard InChI is InChI=1S/C12H22O11/c13-1-3-5(15)6(16)9(19)12(22-3)23-10-4(2-14)21-11(20)8(18)7(10)17/h3-20H,1-2H2/t3-,4-,5-,6+,7-,8-,9-,10-,11-,12+/m0/s1. The van der Waals surface area contributed by atoms with Crippen LogP contribution in [-0.2, 0) is 14.2 Å². The van der Waals surface area contributed by atoms with Crippen molar-refractivity contribution in [2.45, 2.75) is 61.4 Å². The highest BCUT2D eigenvalue weighted by Crippen LogP contribution is 2.28. The fourth-order valence-corrected chi connectivity index (χ4v) is 2.57. The number of hydrogen-bond acceptors (Lipinski definition) is 11. The van der Waals surface area contributed by atoms with E-state index in [0.717, 1.165) is 0 Å². The highest BCUT2D eigenvalue weighted by Gasteiger charge is 2.50. The Balaban J connectivity index is 2.11. The van der Waals surface area contributed by atoms with Crippen molar-refractivity contribution in [3.63, 3.8) is 0 Å². The highest BCUT2D eigenvalue weighted by atomic mass is 16.7. The summed E-state index contributed by atoms with van der Waals surface area (Å²) in [5, 5.41) is 76.5. The molecule has 23 heavy (non-hydrogen) atoms. The van der Waals surface area contributed by atoms with Crippen molar-refractivity contribution in [3.05, 3.63) is 0 Å². The molecule has 0 saturated carbocycles. The summed E-state index contributed by atoms with van der Waals surface area (Å²) >= 11 is 0. The lowest BCUT2D eigenvalue weighted by Gasteiger charge is -2.45. The zero-order valence-corrected chi connectivity index (χ0v) is 12.0. The van der Waals surface area contributed by atoms with Crippen LogP contribution in [0.15, 0.2) is 0 Å². The Labute approximate surface area is 130 Å². The quantitative estimate of drug-likeness (QED) is 0.243. The van der Waals surface area contributed by atoms with Gasteiger partial charge in [-0.1, -0.05) is 0 Å². The van der Waals surface area contributed by atoms with Crippen LogP contribution in [0.1, 0.15) is 0 Å². The summed E-state index contributed by atoms with van der Waals surface area (Å²) in [6, 6.07) is 0. The van der Waals surface area contributed by atoms with Crippen LogP contribution in [0, 0.1) is 0 Å². The van der Waals surface area contributed by atoms with Crippen molar-refractivity contribution in [2.75, 3.05) is 13.2 Å². The van der Waals surface area contributed by atoms with Crippen LogP contribution in [0.5, 0.6) is 0 Å². The Morgan fingerprint density at radius 2 is 1.26 bits per heavy atom. The van der Waals surface area contributed by atoms with Gasteiger partial charge in [-0.25, -0.2) is 0 Å². The Morgan fingerprint density at radius 1 is 0.652 bits per heavy atom. The van der Waals surface area contributed by atoms with Gasteiger partial charge in [-0.05, 0) is 0 Å². The zero-order chi connectivity index (χ0) is 17.3. The molecule has 0 aromatic heterocycles. The molecule has 0 radical (unpaired) electrons. The molecule has 0 aromatic rings. The molecule has 0 spiro atoms. The lowest BCUT2D eigenvalue weighted by Crippen LogP contribution is -2.64. The zero-order valence-electron chi connectivity index (χ0n) is 12.0. The van der Waals surface area contributed by atoms with E-state index in [1.54, 1.807) is 0 Å². The molecular formula is C12H22O11. The van der Waals surface area contributed by atoms with Gasteiger partial charge in [-0.3, -0.25) is 0 Å². The second-order valence-corrected chi connectivity index (χ2v) is 5.53. The van der Waals surface area contributed by atoms with Crippen molar-refractivity contribution < 1.29 is 55.1 Å². The molecule has 0 unspecified atom stereocenters. The maximum atomic E-state index is 9.94. The average Bonchev–Trinajstić information content (AvgIpc) is 2.55. The second-order valence-electron chi connectivity index (χ2n) is 5.53. The van der Waals surface area contributed by atoms with Crippen molar-refractivity contribution in [1.29, 1.82) is 0 Å². The molecule has 2 saturated heterocycles. The number of aliphatic hydroxyl groups is 8. The number of rotatable bonds is 4. The molecule has 8 N–H and O–H groups in total. The fourth-order valence-electron chi connectivity index (χ4n) is 2.57. The van der Waals surface area contributed by atoms with Crippen LogP contribution in [0.25, 0.3) is 0 Å². The molecule has 0 aromatic carbocycles. The lowest BCUT2D eigenvalue weighted by atomic mass is 9.97. The Bertz CT molecular complexity index is 378. The molecule has 2 aliphatic rings. The first-order chi connectivity index (χ1) is 10.8. The van der Waals surface area contributed by atoms with E-state index in [0.29, 0.717) is 0 Å². The predicted octanol–water partition coefficient (Wildman–Crippen LogP) is -5.40. The summed E-state index contributed by atoms with van der Waals surface area (Å²) in [5.74, 6) is 0. The van der Waals surface area contributed by atoms with Crippen LogP contribution >= 0.6 is 0 Å². The SMILES string of the molecule is OC[C@@H]1O[C@H](O[C@@H]2[C@@H](O)[C@H](O)[C@@H](O)O[C@H]2CO)[C@@H](O)[C@H](O)[C@H]1O. The minimum atomic E-state index is -1.74. The monoisotopic (exact) mass is 342 g/mol. The summed E-state index contributed by atoms with van der Waals surface area (Å²) in [7, 11) is 0. The molecule has 2 aliphatic heterocycles. The first kappa shape index (κ1) is 18.9. The minimum Gasteiger partial charge on any atom is -0.394 e. The van der Waals surface area contributed by atoms with Crippen LogP contribution < -0.4 is 0 Å². The van der Waals surface area contributed by atoms with Crippen molar-refractivity contribution >= 4 is 0 Å². The molecule has 10 atom stereocenters. The van der Waals surface area contributed by atoms with E-state index in [1.165, 1.54) is 0 Å². The number of ether oxygens (including phenoxy) is 3. The molecule has 11 heteroatoms. The summed E-state index contributed by atoms with van der Waals surface area (Å²) < 4.78 is 15.3. The van der Waals surface area contributed by atoms with Gasteiger partial charge in [-0.15, -0.1) is 0 Å². The van der Waals surface area contributed by atoms with Gasteiger partial charge in [0.05, 0.1) is 13.2 Å². The van der Waals surface area contributed by atoms with Gasteiger partial charge in [0.1, 0.15) is 48.8 Å². The second kappa shape index (κ2) is 7.63. The third-order valence-electron chi connectivity index (χ3n) is 3.98. The lowest BCUT2D eigenvalue weighted by molar-refractivity contribution is -0.355. The molecular weight excluding hydrogens is 320 g/mol. The maximum Gasteiger partial charge on any atom is 0.187 e. The molecule has 11 nitrogen and oxygen atoms in total. The molecule has 136 valence electrons. The molecule has 0 amide bonds. The van der Waals surface area contributed by atoms with E-state index in [2.05, 4.69) is 0 Å². The van der Waals surface area contributed by atoms with Gasteiger partial charge in [0.2, 0.25) is 0 Å². The van der Waals surface area contributed by atoms with Crippen LogP contribution in [0.4, 0.5) is 0 Å². The van der Waals surface area contributed by atoms with Crippen molar-refractivity contribution in [1.82, 2.24) is 0 Å². The van der Waals surface area contributed by atoms with Gasteiger partial charge in [0, 0.05) is 0 Å². The Hall–Kier alpha value is -0.440. The van der Waals surface area contributed by atoms with Gasteiger partial charge >= 0.3 is 0 Å². The first-order valence-corrected chi connectivity index (χ1v) is 7.08. The summed E-state index contributed by atoms with van der Waals surface area (Å²) in [6.45, 7) is -1.35. The maximum absolute atomic E-state index is 9.94. The molecule has 0 aliphatic carbocycles. The summed E-state index contributed by atoms with van der Waals surface area (Å²) in [4.78, 5) is 0. The van der Waals surface area contributed by atoms with Crippen molar-refractivity contribution in [3.8, 4) is 0 Å². The van der Waals surface area contributed by atoms with Gasteiger partial charge in [-0.2, -0.15) is 0 Å². The highest BCUT2D eigenvalue weighted by molar-refractivity contribution is 4.93. The minimum absolute atomic E-state index is 0.667. The van der Waals surface area contributed by atoms with Crippen LogP contribution in [0.3, 0.4) is 0 Å². The van der Waals surface area contributed by atoms with E-state index in [9.17, 15) is 35.7 Å². The summed E-state index contributed by atoms with van der Waals surface area (Å²) in [6.07, 6.45) is -15.6. The molecule has 0 bridgehead atoms. The smallest absolute Gasteiger partial charge is 0.187 e. The Kier molecular flexibility index (Phi) is 6.27. The summed E-state index contributed by atoms with van der Waals surface area (Å²) in [5.41, 5.74) is 0. The number of hydrogen-bond donors (Lipinski definition) is 8. The van der Waals surface area contributed by atoms with Gasteiger partial charge in [0.15, 0.2) is 12.6 Å². The third-order valence-corrected chi connectivity index (χ3v) is 3.98. The van der Waals surface area contributed by atoms with Gasteiger partial charge in [0.25, 0.3) is 0 Å². The molecule has 2 rings (SSSR count). The third kappa shape index (κ3) is 3.65. The van der Waals surface area contributed by atoms with Gasteiger partial charge < -0.3 is 55.1 Å². The molecule has 2 heterocycles. The first-order valence-electron chi connectivity index (χ1n) is 7.08. The molecule has 2 fully saturated rings. The van der Waals surface area contributed by atoms with E-state index >= 15 is 0 Å².